The Morgan fingerprint density at radius 3 is 2.44 bits per heavy atom. The fourth-order valence-corrected chi connectivity index (χ4v) is 1.82. The summed E-state index contributed by atoms with van der Waals surface area (Å²) in [5, 5.41) is 18.8. The van der Waals surface area contributed by atoms with Crippen LogP contribution in [-0.2, 0) is 0 Å². The predicted octanol–water partition coefficient (Wildman–Crippen LogP) is 3.55. The Bertz CT molecular complexity index is 626. The third-order valence-corrected chi connectivity index (χ3v) is 2.79. The van der Waals surface area contributed by atoms with E-state index in [9.17, 15) is 14.3 Å². The maximum Gasteiger partial charge on any atom is 0.335 e. The van der Waals surface area contributed by atoms with Gasteiger partial charge in [0.25, 0.3) is 0 Å². The van der Waals surface area contributed by atoms with Crippen LogP contribution in [0.5, 0.6) is 5.75 Å². The van der Waals surface area contributed by atoms with Crippen LogP contribution in [0.25, 0.3) is 11.1 Å². The van der Waals surface area contributed by atoms with E-state index in [1.807, 2.05) is 0 Å². The number of aromatic hydroxyl groups is 1. The number of hydrogen-bond donors (Lipinski definition) is 2. The molecule has 2 N–H and O–H groups in total. The van der Waals surface area contributed by atoms with Crippen molar-refractivity contribution in [1.29, 1.82) is 0 Å². The Balaban J connectivity index is 2.62. The molecule has 0 radical (unpaired) electrons. The summed E-state index contributed by atoms with van der Waals surface area (Å²) in [5.74, 6) is -1.98. The van der Waals surface area contributed by atoms with Gasteiger partial charge in [0.1, 0.15) is 11.6 Å². The summed E-state index contributed by atoms with van der Waals surface area (Å²) in [6.45, 7) is 0. The molecule has 0 heterocycles. The molecule has 0 aliphatic carbocycles. The van der Waals surface area contributed by atoms with Crippen LogP contribution < -0.4 is 0 Å². The molecule has 0 aliphatic rings. The molecule has 5 heteroatoms. The Kier molecular flexibility index (Phi) is 3.21. The summed E-state index contributed by atoms with van der Waals surface area (Å²) in [6.07, 6.45) is 0. The van der Waals surface area contributed by atoms with Crippen molar-refractivity contribution in [2.45, 2.75) is 0 Å². The number of phenols is 1. The summed E-state index contributed by atoms with van der Waals surface area (Å²) in [6, 6.07) is 7.56. The third-order valence-electron chi connectivity index (χ3n) is 2.46. The average Bonchev–Trinajstić information content (AvgIpc) is 2.30. The maximum absolute atomic E-state index is 12.9. The normalized spacial score (nSPS) is 10.3. The van der Waals surface area contributed by atoms with Gasteiger partial charge in [0.2, 0.25) is 0 Å². The molecule has 18 heavy (non-hydrogen) atoms. The minimum absolute atomic E-state index is 0.0399. The number of hydrogen-bond acceptors (Lipinski definition) is 2. The van der Waals surface area contributed by atoms with Crippen LogP contribution in [0.3, 0.4) is 0 Å². The predicted molar refractivity (Wildman–Crippen MR) is 65.5 cm³/mol. The van der Waals surface area contributed by atoms with Crippen LogP contribution in [0.4, 0.5) is 4.39 Å². The number of carboxylic acids is 1. The lowest BCUT2D eigenvalue weighted by Gasteiger charge is -2.08. The summed E-state index contributed by atoms with van der Waals surface area (Å²) >= 11 is 5.95. The molecule has 0 saturated heterocycles. The lowest BCUT2D eigenvalue weighted by atomic mass is 10.0. The van der Waals surface area contributed by atoms with E-state index >= 15 is 0 Å². The fourth-order valence-electron chi connectivity index (χ4n) is 1.60. The highest BCUT2D eigenvalue weighted by atomic mass is 35.5. The van der Waals surface area contributed by atoms with Crippen molar-refractivity contribution in [3.05, 3.63) is 52.8 Å². The minimum atomic E-state index is -1.10. The van der Waals surface area contributed by atoms with Crippen molar-refractivity contribution in [2.75, 3.05) is 0 Å². The van der Waals surface area contributed by atoms with Crippen LogP contribution in [0.15, 0.2) is 36.4 Å². The van der Waals surface area contributed by atoms with Gasteiger partial charge in [-0.1, -0.05) is 11.6 Å². The third kappa shape index (κ3) is 2.28. The van der Waals surface area contributed by atoms with Crippen molar-refractivity contribution >= 4 is 17.6 Å². The zero-order valence-electron chi connectivity index (χ0n) is 9.02. The average molecular weight is 267 g/mol. The number of carboxylic acid groups (broad SMARTS) is 1. The van der Waals surface area contributed by atoms with Gasteiger partial charge < -0.3 is 10.2 Å². The van der Waals surface area contributed by atoms with E-state index in [1.165, 1.54) is 30.3 Å². The lowest BCUT2D eigenvalue weighted by molar-refractivity contribution is 0.0697. The molecule has 0 unspecified atom stereocenters. The fraction of sp³-hybridized carbons (Fsp3) is 0. The molecule has 0 atom stereocenters. The molecule has 2 aromatic carbocycles. The topological polar surface area (TPSA) is 57.5 Å². The number of rotatable bonds is 2. The number of aromatic carboxylic acids is 1. The van der Waals surface area contributed by atoms with Gasteiger partial charge in [0.05, 0.1) is 5.56 Å². The number of halogens is 2. The van der Waals surface area contributed by atoms with E-state index in [2.05, 4.69) is 0 Å². The van der Waals surface area contributed by atoms with Gasteiger partial charge in [-0.3, -0.25) is 0 Å². The largest absolute Gasteiger partial charge is 0.507 e. The van der Waals surface area contributed by atoms with Gasteiger partial charge in [-0.15, -0.1) is 0 Å². The van der Waals surface area contributed by atoms with Gasteiger partial charge in [-0.05, 0) is 30.3 Å². The SMILES string of the molecule is O=C(O)c1ccc(Cl)c(-c2ccc(F)cc2O)c1. The van der Waals surface area contributed by atoms with Crippen molar-refractivity contribution < 1.29 is 19.4 Å². The van der Waals surface area contributed by atoms with Gasteiger partial charge in [0, 0.05) is 22.2 Å². The zero-order chi connectivity index (χ0) is 13.3. The molecule has 92 valence electrons. The van der Waals surface area contributed by atoms with Gasteiger partial charge >= 0.3 is 5.97 Å². The summed E-state index contributed by atoms with van der Waals surface area (Å²) in [4.78, 5) is 10.9. The highest BCUT2D eigenvalue weighted by molar-refractivity contribution is 6.33. The summed E-state index contributed by atoms with van der Waals surface area (Å²) < 4.78 is 12.9. The standard InChI is InChI=1S/C13H8ClFO3/c14-11-4-1-7(13(17)18)5-10(11)9-3-2-8(15)6-12(9)16/h1-6,16H,(H,17,18). The van der Waals surface area contributed by atoms with Crippen LogP contribution in [-0.4, -0.2) is 16.2 Å². The van der Waals surface area contributed by atoms with Gasteiger partial charge in [-0.25, -0.2) is 9.18 Å². The molecule has 0 aliphatic heterocycles. The van der Waals surface area contributed by atoms with E-state index in [-0.39, 0.29) is 21.9 Å². The van der Waals surface area contributed by atoms with Crippen molar-refractivity contribution in [2.24, 2.45) is 0 Å². The smallest absolute Gasteiger partial charge is 0.335 e. The molecule has 0 fully saturated rings. The first kappa shape index (κ1) is 12.4. The van der Waals surface area contributed by atoms with Crippen LogP contribution >= 0.6 is 11.6 Å². The molecule has 0 aromatic heterocycles. The second-order valence-electron chi connectivity index (χ2n) is 3.66. The minimum Gasteiger partial charge on any atom is -0.507 e. The maximum atomic E-state index is 12.9. The first-order valence-electron chi connectivity index (χ1n) is 5.01. The van der Waals surface area contributed by atoms with Crippen molar-refractivity contribution in [3.8, 4) is 16.9 Å². The van der Waals surface area contributed by atoms with E-state index in [0.29, 0.717) is 5.56 Å². The molecule has 0 spiro atoms. The zero-order valence-corrected chi connectivity index (χ0v) is 9.78. The van der Waals surface area contributed by atoms with Crippen LogP contribution in [0, 0.1) is 5.82 Å². The van der Waals surface area contributed by atoms with E-state index < -0.39 is 11.8 Å². The van der Waals surface area contributed by atoms with E-state index in [1.54, 1.807) is 0 Å². The number of phenolic OH excluding ortho intramolecular Hbond substituents is 1. The summed E-state index contributed by atoms with van der Waals surface area (Å²) in [7, 11) is 0. The summed E-state index contributed by atoms with van der Waals surface area (Å²) in [5.41, 5.74) is 0.664. The molecule has 0 bridgehead atoms. The molecule has 0 amide bonds. The number of carbonyl (C=O) groups is 1. The van der Waals surface area contributed by atoms with Gasteiger partial charge in [0.15, 0.2) is 0 Å². The second-order valence-corrected chi connectivity index (χ2v) is 4.07. The molecular formula is C13H8ClFO3. The Morgan fingerprint density at radius 1 is 1.11 bits per heavy atom. The first-order valence-corrected chi connectivity index (χ1v) is 5.38. The molecule has 0 saturated carbocycles. The Morgan fingerprint density at radius 2 is 1.83 bits per heavy atom. The van der Waals surface area contributed by atoms with Crippen molar-refractivity contribution in [1.82, 2.24) is 0 Å². The first-order chi connectivity index (χ1) is 8.49. The second kappa shape index (κ2) is 4.66. The van der Waals surface area contributed by atoms with E-state index in [4.69, 9.17) is 16.7 Å². The molecule has 3 nitrogen and oxygen atoms in total. The molecule has 2 aromatic rings. The van der Waals surface area contributed by atoms with E-state index in [0.717, 1.165) is 6.07 Å². The Labute approximate surface area is 107 Å². The highest BCUT2D eigenvalue weighted by Gasteiger charge is 2.12. The number of benzene rings is 2. The lowest BCUT2D eigenvalue weighted by Crippen LogP contribution is -1.96. The van der Waals surface area contributed by atoms with Gasteiger partial charge in [-0.2, -0.15) is 0 Å². The highest BCUT2D eigenvalue weighted by Crippen LogP contribution is 2.35. The quantitative estimate of drug-likeness (QED) is 0.874. The molecule has 2 rings (SSSR count). The molecular weight excluding hydrogens is 259 g/mol. The van der Waals surface area contributed by atoms with Crippen LogP contribution in [0.2, 0.25) is 5.02 Å². The monoisotopic (exact) mass is 266 g/mol. The Hall–Kier alpha value is -2.07. The van der Waals surface area contributed by atoms with Crippen LogP contribution in [0.1, 0.15) is 10.4 Å². The van der Waals surface area contributed by atoms with Crippen molar-refractivity contribution in [3.63, 3.8) is 0 Å².